The number of hydrogen-bond acceptors (Lipinski definition) is 7. The SMILES string of the molecule is COC(=O)CN(CC(=O)OC)C[C@H]1CCC[C@@H](Oc2cccc(C)c2)[C@@H]1O. The van der Waals surface area contributed by atoms with Crippen LogP contribution >= 0.6 is 0 Å². The van der Waals surface area contributed by atoms with E-state index in [1.807, 2.05) is 31.2 Å². The van der Waals surface area contributed by atoms with E-state index in [2.05, 4.69) is 0 Å². The zero-order chi connectivity index (χ0) is 19.8. The van der Waals surface area contributed by atoms with Crippen molar-refractivity contribution in [2.24, 2.45) is 5.92 Å². The second-order valence-electron chi connectivity index (χ2n) is 6.98. The molecular weight excluding hydrogens is 350 g/mol. The van der Waals surface area contributed by atoms with E-state index in [-0.39, 0.29) is 25.1 Å². The highest BCUT2D eigenvalue weighted by Crippen LogP contribution is 2.29. The summed E-state index contributed by atoms with van der Waals surface area (Å²) in [5, 5.41) is 10.8. The molecule has 0 aromatic heterocycles. The van der Waals surface area contributed by atoms with Crippen LogP contribution in [0.5, 0.6) is 5.75 Å². The first-order chi connectivity index (χ1) is 12.9. The fraction of sp³-hybridized carbons (Fsp3) is 0.600. The molecule has 0 amide bonds. The van der Waals surface area contributed by atoms with Crippen LogP contribution in [-0.2, 0) is 19.1 Å². The highest BCUT2D eigenvalue weighted by molar-refractivity contribution is 5.74. The first-order valence-corrected chi connectivity index (χ1v) is 9.20. The summed E-state index contributed by atoms with van der Waals surface area (Å²) in [5.74, 6) is -0.239. The van der Waals surface area contributed by atoms with Crippen LogP contribution < -0.4 is 4.74 Å². The fourth-order valence-corrected chi connectivity index (χ4v) is 3.43. The molecule has 0 spiro atoms. The summed E-state index contributed by atoms with van der Waals surface area (Å²) in [5.41, 5.74) is 1.09. The van der Waals surface area contributed by atoms with Crippen LogP contribution in [0.15, 0.2) is 24.3 Å². The number of aliphatic hydroxyl groups is 1. The predicted molar refractivity (Wildman–Crippen MR) is 99.4 cm³/mol. The monoisotopic (exact) mass is 379 g/mol. The number of ether oxygens (including phenoxy) is 3. The zero-order valence-corrected chi connectivity index (χ0v) is 16.2. The number of hydrogen-bond donors (Lipinski definition) is 1. The molecule has 27 heavy (non-hydrogen) atoms. The van der Waals surface area contributed by atoms with E-state index in [9.17, 15) is 14.7 Å². The Morgan fingerprint density at radius 1 is 1.15 bits per heavy atom. The summed E-state index contributed by atoms with van der Waals surface area (Å²) in [7, 11) is 2.61. The lowest BCUT2D eigenvalue weighted by Crippen LogP contribution is -2.48. The van der Waals surface area contributed by atoms with E-state index >= 15 is 0 Å². The summed E-state index contributed by atoms with van der Waals surface area (Å²) in [6, 6.07) is 7.73. The Morgan fingerprint density at radius 3 is 2.41 bits per heavy atom. The first kappa shape index (κ1) is 21.2. The highest BCUT2D eigenvalue weighted by atomic mass is 16.5. The van der Waals surface area contributed by atoms with Gasteiger partial charge in [0, 0.05) is 12.5 Å². The average Bonchev–Trinajstić information content (AvgIpc) is 2.64. The van der Waals surface area contributed by atoms with Crippen molar-refractivity contribution in [3.05, 3.63) is 29.8 Å². The third kappa shape index (κ3) is 6.52. The standard InChI is InChI=1S/C20H29NO6/c1-14-6-4-8-16(10-14)27-17-9-5-7-15(20(17)24)11-21(12-18(22)25-2)13-19(23)26-3/h4,6,8,10,15,17,20,24H,5,7,9,11-13H2,1-3H3/t15-,17-,20-/m1/s1. The maximum atomic E-state index is 11.6. The number of carbonyl (C=O) groups is 2. The third-order valence-electron chi connectivity index (χ3n) is 4.86. The lowest BCUT2D eigenvalue weighted by Gasteiger charge is -2.37. The predicted octanol–water partition coefficient (Wildman–Crippen LogP) is 1.55. The largest absolute Gasteiger partial charge is 0.488 e. The van der Waals surface area contributed by atoms with Crippen molar-refractivity contribution in [1.29, 1.82) is 0 Å². The van der Waals surface area contributed by atoms with Gasteiger partial charge >= 0.3 is 11.9 Å². The normalized spacial score (nSPS) is 22.3. The van der Waals surface area contributed by atoms with Gasteiger partial charge in [-0.3, -0.25) is 14.5 Å². The molecule has 1 aromatic carbocycles. The number of carbonyl (C=O) groups excluding carboxylic acids is 2. The molecule has 3 atom stereocenters. The van der Waals surface area contributed by atoms with E-state index < -0.39 is 18.0 Å². The molecule has 0 radical (unpaired) electrons. The average molecular weight is 379 g/mol. The van der Waals surface area contributed by atoms with E-state index in [4.69, 9.17) is 14.2 Å². The Balaban J connectivity index is 2.01. The lowest BCUT2D eigenvalue weighted by molar-refractivity contribution is -0.146. The Kier molecular flexibility index (Phi) is 8.06. The van der Waals surface area contributed by atoms with Crippen LogP contribution in [0.1, 0.15) is 24.8 Å². The van der Waals surface area contributed by atoms with Gasteiger partial charge in [0.2, 0.25) is 0 Å². The van der Waals surface area contributed by atoms with E-state index in [1.54, 1.807) is 4.90 Å². The molecule has 7 heteroatoms. The van der Waals surface area contributed by atoms with E-state index in [0.717, 1.165) is 30.6 Å². The second kappa shape index (κ2) is 10.3. The molecule has 1 aliphatic carbocycles. The van der Waals surface area contributed by atoms with E-state index in [0.29, 0.717) is 6.54 Å². The molecule has 1 aromatic rings. The molecule has 1 saturated carbocycles. The van der Waals surface area contributed by atoms with Crippen molar-refractivity contribution in [1.82, 2.24) is 4.90 Å². The summed E-state index contributed by atoms with van der Waals surface area (Å²) < 4.78 is 15.4. The lowest BCUT2D eigenvalue weighted by atomic mass is 9.84. The topological polar surface area (TPSA) is 85.3 Å². The third-order valence-corrected chi connectivity index (χ3v) is 4.86. The van der Waals surface area contributed by atoms with Crippen molar-refractivity contribution >= 4 is 11.9 Å². The van der Waals surface area contributed by atoms with Crippen molar-refractivity contribution in [3.63, 3.8) is 0 Å². The van der Waals surface area contributed by atoms with Crippen molar-refractivity contribution in [2.75, 3.05) is 33.9 Å². The first-order valence-electron chi connectivity index (χ1n) is 9.20. The van der Waals surface area contributed by atoms with Gasteiger partial charge in [-0.15, -0.1) is 0 Å². The molecule has 1 N–H and O–H groups in total. The van der Waals surface area contributed by atoms with Crippen molar-refractivity contribution in [2.45, 2.75) is 38.4 Å². The molecule has 0 bridgehead atoms. The van der Waals surface area contributed by atoms with Gasteiger partial charge in [0.15, 0.2) is 0 Å². The molecule has 0 saturated heterocycles. The number of nitrogens with zero attached hydrogens (tertiary/aromatic N) is 1. The van der Waals surface area contributed by atoms with Gasteiger partial charge in [-0.1, -0.05) is 12.1 Å². The highest BCUT2D eigenvalue weighted by Gasteiger charge is 2.35. The molecule has 7 nitrogen and oxygen atoms in total. The van der Waals surface area contributed by atoms with Crippen molar-refractivity contribution in [3.8, 4) is 5.75 Å². The minimum atomic E-state index is -0.683. The molecule has 1 fully saturated rings. The quantitative estimate of drug-likeness (QED) is 0.686. The number of methoxy groups -OCH3 is 2. The second-order valence-corrected chi connectivity index (χ2v) is 6.98. The molecular formula is C20H29NO6. The van der Waals surface area contributed by atoms with Gasteiger partial charge in [-0.2, -0.15) is 0 Å². The van der Waals surface area contributed by atoms with Gasteiger partial charge in [0.05, 0.1) is 33.4 Å². The Labute approximate surface area is 160 Å². The van der Waals surface area contributed by atoms with Crippen LogP contribution in [0, 0.1) is 12.8 Å². The maximum absolute atomic E-state index is 11.6. The smallest absolute Gasteiger partial charge is 0.319 e. The summed E-state index contributed by atoms with van der Waals surface area (Å²) in [4.78, 5) is 25.0. The molecule has 0 heterocycles. The van der Waals surface area contributed by atoms with Crippen LogP contribution in [0.25, 0.3) is 0 Å². The van der Waals surface area contributed by atoms with Crippen LogP contribution in [0.4, 0.5) is 0 Å². The van der Waals surface area contributed by atoms with Gasteiger partial charge in [0.1, 0.15) is 11.9 Å². The van der Waals surface area contributed by atoms with Gasteiger partial charge < -0.3 is 19.3 Å². The summed E-state index contributed by atoms with van der Waals surface area (Å²) in [6.45, 7) is 2.32. The molecule has 150 valence electrons. The molecule has 1 aliphatic rings. The number of benzene rings is 1. The minimum Gasteiger partial charge on any atom is -0.488 e. The Hall–Kier alpha value is -2.12. The number of aliphatic hydroxyl groups excluding tert-OH is 1. The maximum Gasteiger partial charge on any atom is 0.319 e. The summed E-state index contributed by atoms with van der Waals surface area (Å²) >= 11 is 0. The van der Waals surface area contributed by atoms with Gasteiger partial charge in [0.25, 0.3) is 0 Å². The zero-order valence-electron chi connectivity index (χ0n) is 16.2. The van der Waals surface area contributed by atoms with Gasteiger partial charge in [-0.05, 0) is 43.9 Å². The minimum absolute atomic E-state index is 0.0295. The molecule has 0 unspecified atom stereocenters. The Bertz CT molecular complexity index is 617. The number of aryl methyl sites for hydroxylation is 1. The Morgan fingerprint density at radius 2 is 1.81 bits per heavy atom. The van der Waals surface area contributed by atoms with Gasteiger partial charge in [-0.25, -0.2) is 0 Å². The number of rotatable bonds is 8. The van der Waals surface area contributed by atoms with E-state index in [1.165, 1.54) is 14.2 Å². The molecule has 0 aliphatic heterocycles. The number of esters is 2. The van der Waals surface area contributed by atoms with Crippen LogP contribution in [0.2, 0.25) is 0 Å². The van der Waals surface area contributed by atoms with Crippen molar-refractivity contribution < 1.29 is 28.9 Å². The fourth-order valence-electron chi connectivity index (χ4n) is 3.43. The van der Waals surface area contributed by atoms with Crippen LogP contribution in [-0.4, -0.2) is 68.0 Å². The summed E-state index contributed by atoms with van der Waals surface area (Å²) in [6.07, 6.45) is 1.47. The van der Waals surface area contributed by atoms with Crippen LogP contribution in [0.3, 0.4) is 0 Å². The molecule has 2 rings (SSSR count).